The number of hydrogen-bond donors (Lipinski definition) is 0. The Bertz CT molecular complexity index is 881. The molecule has 0 fully saturated rings. The van der Waals surface area contributed by atoms with E-state index in [1.54, 1.807) is 4.68 Å². The average Bonchev–Trinajstić information content (AvgIpc) is 2.90. The van der Waals surface area contributed by atoms with Crippen molar-refractivity contribution in [2.75, 3.05) is 7.05 Å². The number of amides is 1. The van der Waals surface area contributed by atoms with Crippen LogP contribution >= 0.6 is 0 Å². The first-order chi connectivity index (χ1) is 13.1. The number of halogens is 3. The Balaban J connectivity index is 2.03. The van der Waals surface area contributed by atoms with Crippen LogP contribution in [-0.2, 0) is 30.5 Å². The Labute approximate surface area is 162 Å². The van der Waals surface area contributed by atoms with Gasteiger partial charge in [0.1, 0.15) is 0 Å². The number of carbonyl (C=O) groups excluding carboxylic acids is 1. The average molecular weight is 392 g/mol. The van der Waals surface area contributed by atoms with Crippen LogP contribution in [0.15, 0.2) is 24.3 Å². The molecule has 1 heterocycles. The number of alkyl halides is 3. The largest absolute Gasteiger partial charge is 0.416 e. The molecule has 1 aromatic carbocycles. The third-order valence-corrected chi connectivity index (χ3v) is 4.71. The van der Waals surface area contributed by atoms with E-state index in [1.807, 2.05) is 13.8 Å². The van der Waals surface area contributed by atoms with Gasteiger partial charge in [-0.25, -0.2) is 0 Å². The molecule has 0 N–H and O–H groups in total. The van der Waals surface area contributed by atoms with Gasteiger partial charge in [0.15, 0.2) is 0 Å². The van der Waals surface area contributed by atoms with Gasteiger partial charge in [0, 0.05) is 25.7 Å². The number of aromatic nitrogens is 2. The highest BCUT2D eigenvalue weighted by Crippen LogP contribution is 2.32. The highest BCUT2D eigenvalue weighted by Gasteiger charge is 2.33. The van der Waals surface area contributed by atoms with Crippen LogP contribution < -0.4 is 0 Å². The van der Waals surface area contributed by atoms with Crippen molar-refractivity contribution >= 4 is 5.91 Å². The molecular formula is C20H23F3N4O. The smallest absolute Gasteiger partial charge is 0.341 e. The standard InChI is InChI=1S/C20H23F3N4O/c1-14-17(15(2)27(25-14)12-6-11-24)9-10-19(28)26(3)13-16-7-4-5-8-18(16)20(21,22)23/h4-5,7-8H,6,9-10,12-13H2,1-3H3. The van der Waals surface area contributed by atoms with Gasteiger partial charge in [0.25, 0.3) is 0 Å². The van der Waals surface area contributed by atoms with Crippen LogP contribution in [0.5, 0.6) is 0 Å². The molecule has 5 nitrogen and oxygen atoms in total. The van der Waals surface area contributed by atoms with Gasteiger partial charge >= 0.3 is 6.18 Å². The summed E-state index contributed by atoms with van der Waals surface area (Å²) in [7, 11) is 1.51. The summed E-state index contributed by atoms with van der Waals surface area (Å²) in [6.45, 7) is 4.12. The van der Waals surface area contributed by atoms with Crippen molar-refractivity contribution in [1.29, 1.82) is 5.26 Å². The third kappa shape index (κ3) is 5.12. The molecule has 0 saturated carbocycles. The second-order valence-corrected chi connectivity index (χ2v) is 6.69. The van der Waals surface area contributed by atoms with Gasteiger partial charge in [-0.1, -0.05) is 18.2 Å². The number of nitrogens with zero attached hydrogens (tertiary/aromatic N) is 4. The van der Waals surface area contributed by atoms with E-state index in [1.165, 1.54) is 30.1 Å². The first-order valence-electron chi connectivity index (χ1n) is 8.94. The maximum Gasteiger partial charge on any atom is 0.416 e. The summed E-state index contributed by atoms with van der Waals surface area (Å²) in [6, 6.07) is 7.36. The van der Waals surface area contributed by atoms with Crippen molar-refractivity contribution < 1.29 is 18.0 Å². The summed E-state index contributed by atoms with van der Waals surface area (Å²) in [5.74, 6) is -0.236. The molecule has 0 saturated heterocycles. The zero-order valence-corrected chi connectivity index (χ0v) is 16.2. The summed E-state index contributed by atoms with van der Waals surface area (Å²) < 4.78 is 41.1. The molecule has 8 heteroatoms. The predicted octanol–water partition coefficient (Wildman–Crippen LogP) is 4.02. The summed E-state index contributed by atoms with van der Waals surface area (Å²) in [4.78, 5) is 13.8. The van der Waals surface area contributed by atoms with Crippen LogP contribution in [-0.4, -0.2) is 27.6 Å². The summed E-state index contributed by atoms with van der Waals surface area (Å²) in [5, 5.41) is 13.1. The number of nitriles is 1. The summed E-state index contributed by atoms with van der Waals surface area (Å²) >= 11 is 0. The zero-order chi connectivity index (χ0) is 20.9. The third-order valence-electron chi connectivity index (χ3n) is 4.71. The van der Waals surface area contributed by atoms with Gasteiger partial charge < -0.3 is 4.90 Å². The lowest BCUT2D eigenvalue weighted by Crippen LogP contribution is -2.27. The molecule has 0 aliphatic heterocycles. The normalized spacial score (nSPS) is 11.3. The van der Waals surface area contributed by atoms with Crippen molar-refractivity contribution in [1.82, 2.24) is 14.7 Å². The minimum Gasteiger partial charge on any atom is -0.341 e. The summed E-state index contributed by atoms with van der Waals surface area (Å²) in [5.41, 5.74) is 2.00. The van der Waals surface area contributed by atoms with Gasteiger partial charge in [-0.15, -0.1) is 0 Å². The van der Waals surface area contributed by atoms with Crippen molar-refractivity contribution in [2.45, 2.75) is 52.4 Å². The molecule has 0 aliphatic rings. The lowest BCUT2D eigenvalue weighted by atomic mass is 10.1. The molecule has 0 radical (unpaired) electrons. The van der Waals surface area contributed by atoms with E-state index < -0.39 is 11.7 Å². The van der Waals surface area contributed by atoms with Crippen molar-refractivity contribution in [2.24, 2.45) is 0 Å². The van der Waals surface area contributed by atoms with Crippen LogP contribution in [0.25, 0.3) is 0 Å². The molecule has 0 atom stereocenters. The van der Waals surface area contributed by atoms with Crippen LogP contribution in [0.3, 0.4) is 0 Å². The number of aryl methyl sites for hydroxylation is 2. The molecule has 0 unspecified atom stereocenters. The van der Waals surface area contributed by atoms with E-state index in [9.17, 15) is 18.0 Å². The van der Waals surface area contributed by atoms with Crippen molar-refractivity contribution in [3.63, 3.8) is 0 Å². The fourth-order valence-electron chi connectivity index (χ4n) is 3.17. The van der Waals surface area contributed by atoms with Crippen molar-refractivity contribution in [3.8, 4) is 6.07 Å². The Kier molecular flexibility index (Phi) is 6.84. The number of hydrogen-bond acceptors (Lipinski definition) is 3. The first kappa shape index (κ1) is 21.5. The molecule has 150 valence electrons. The van der Waals surface area contributed by atoms with E-state index in [0.29, 0.717) is 19.4 Å². The van der Waals surface area contributed by atoms with E-state index in [-0.39, 0.29) is 24.4 Å². The molecule has 2 aromatic rings. The molecular weight excluding hydrogens is 369 g/mol. The molecule has 28 heavy (non-hydrogen) atoms. The minimum atomic E-state index is -4.45. The zero-order valence-electron chi connectivity index (χ0n) is 16.2. The Morgan fingerprint density at radius 1 is 1.29 bits per heavy atom. The van der Waals surface area contributed by atoms with Crippen LogP contribution in [0.4, 0.5) is 13.2 Å². The SMILES string of the molecule is Cc1nn(CCC#N)c(C)c1CCC(=O)N(C)Cc1ccccc1C(F)(F)F. The Morgan fingerprint density at radius 2 is 1.96 bits per heavy atom. The fraction of sp³-hybridized carbons (Fsp3) is 0.450. The highest BCUT2D eigenvalue weighted by atomic mass is 19.4. The summed E-state index contributed by atoms with van der Waals surface area (Å²) in [6.07, 6.45) is -3.47. The molecule has 0 spiro atoms. The second-order valence-electron chi connectivity index (χ2n) is 6.69. The van der Waals surface area contributed by atoms with Gasteiger partial charge in [-0.2, -0.15) is 23.5 Å². The topological polar surface area (TPSA) is 61.9 Å². The molecule has 1 amide bonds. The van der Waals surface area contributed by atoms with E-state index in [4.69, 9.17) is 5.26 Å². The number of benzene rings is 1. The lowest BCUT2D eigenvalue weighted by molar-refractivity contribution is -0.139. The quantitative estimate of drug-likeness (QED) is 0.715. The van der Waals surface area contributed by atoms with E-state index in [0.717, 1.165) is 23.0 Å². The monoisotopic (exact) mass is 392 g/mol. The molecule has 0 bridgehead atoms. The van der Waals surface area contributed by atoms with Gasteiger partial charge in [0.05, 0.1) is 30.3 Å². The molecule has 0 aliphatic carbocycles. The fourth-order valence-corrected chi connectivity index (χ4v) is 3.17. The molecule has 1 aromatic heterocycles. The lowest BCUT2D eigenvalue weighted by Gasteiger charge is -2.20. The first-order valence-corrected chi connectivity index (χ1v) is 8.94. The van der Waals surface area contributed by atoms with Crippen LogP contribution in [0.2, 0.25) is 0 Å². The molecule has 2 rings (SSSR count). The maximum absolute atomic E-state index is 13.1. The van der Waals surface area contributed by atoms with Crippen molar-refractivity contribution in [3.05, 3.63) is 52.3 Å². The van der Waals surface area contributed by atoms with Gasteiger partial charge in [0.2, 0.25) is 5.91 Å². The number of rotatable bonds is 7. The van der Waals surface area contributed by atoms with E-state index >= 15 is 0 Å². The second kappa shape index (κ2) is 8.91. The van der Waals surface area contributed by atoms with Gasteiger partial charge in [-0.05, 0) is 37.5 Å². The van der Waals surface area contributed by atoms with Gasteiger partial charge in [-0.3, -0.25) is 9.48 Å². The van der Waals surface area contributed by atoms with E-state index in [2.05, 4.69) is 11.2 Å². The van der Waals surface area contributed by atoms with Crippen LogP contribution in [0, 0.1) is 25.2 Å². The maximum atomic E-state index is 13.1. The Hall–Kier alpha value is -2.82. The Morgan fingerprint density at radius 3 is 2.61 bits per heavy atom. The number of carbonyl (C=O) groups is 1. The minimum absolute atomic E-state index is 0.0718. The predicted molar refractivity (Wildman–Crippen MR) is 98.2 cm³/mol. The highest BCUT2D eigenvalue weighted by molar-refractivity contribution is 5.76. The van der Waals surface area contributed by atoms with Crippen LogP contribution in [0.1, 0.15) is 40.9 Å².